The van der Waals surface area contributed by atoms with Crippen LogP contribution in [0.4, 0.5) is 13.2 Å². The van der Waals surface area contributed by atoms with Crippen molar-refractivity contribution in [3.8, 4) is 0 Å². The molecule has 0 atom stereocenters. The Kier molecular flexibility index (Phi) is 3.04. The maximum Gasteiger partial charge on any atom is 0.416 e. The van der Waals surface area contributed by atoms with Crippen LogP contribution in [0.15, 0.2) is 29.3 Å². The van der Waals surface area contributed by atoms with E-state index in [-0.39, 0.29) is 0 Å². The highest BCUT2D eigenvalue weighted by Crippen LogP contribution is 2.33. The zero-order chi connectivity index (χ0) is 10.9. The molecule has 0 N–H and O–H groups in total. The fraction of sp³-hybridized carbons (Fsp3) is 0.200. The third-order valence-corrected chi connectivity index (χ3v) is 2.18. The summed E-state index contributed by atoms with van der Waals surface area (Å²) in [5.74, 6) is 0. The van der Waals surface area contributed by atoms with Gasteiger partial charge in [-0.2, -0.15) is 13.2 Å². The Morgan fingerprint density at radius 3 is 2.29 bits per heavy atom. The van der Waals surface area contributed by atoms with Gasteiger partial charge in [0.05, 0.1) is 5.56 Å². The first kappa shape index (κ1) is 11.3. The van der Waals surface area contributed by atoms with Crippen molar-refractivity contribution in [3.63, 3.8) is 0 Å². The van der Waals surface area contributed by atoms with Crippen molar-refractivity contribution in [2.75, 3.05) is 0 Å². The quantitative estimate of drug-likeness (QED) is 0.701. The second-order valence-corrected chi connectivity index (χ2v) is 3.92. The molecule has 0 aliphatic heterocycles. The first-order chi connectivity index (χ1) is 6.30. The number of rotatable bonds is 1. The van der Waals surface area contributed by atoms with Gasteiger partial charge < -0.3 is 0 Å². The minimum Gasteiger partial charge on any atom is -0.166 e. The fourth-order valence-corrected chi connectivity index (χ4v) is 1.49. The molecule has 0 bridgehead atoms. The monoisotopic (exact) mass is 264 g/mol. The molecule has 1 aromatic rings. The molecule has 76 valence electrons. The van der Waals surface area contributed by atoms with Gasteiger partial charge in [0.1, 0.15) is 0 Å². The second-order valence-electron chi connectivity index (χ2n) is 3.01. The van der Waals surface area contributed by atoms with Crippen LogP contribution >= 0.6 is 15.9 Å². The summed E-state index contributed by atoms with van der Waals surface area (Å²) < 4.78 is 37.5. The number of hydrogen-bond donors (Lipinski definition) is 0. The smallest absolute Gasteiger partial charge is 0.166 e. The van der Waals surface area contributed by atoms with Crippen molar-refractivity contribution in [1.82, 2.24) is 0 Å². The molecule has 0 heterocycles. The van der Waals surface area contributed by atoms with Crippen molar-refractivity contribution in [3.05, 3.63) is 40.4 Å². The van der Waals surface area contributed by atoms with Gasteiger partial charge >= 0.3 is 6.18 Å². The highest BCUT2D eigenvalue weighted by Gasteiger charge is 2.30. The van der Waals surface area contributed by atoms with E-state index >= 15 is 0 Å². The molecular weight excluding hydrogens is 257 g/mol. The Bertz CT molecular complexity index is 366. The molecular formula is C10H8BrF3. The molecule has 4 heteroatoms. The number of halogens is 4. The average molecular weight is 265 g/mol. The van der Waals surface area contributed by atoms with Crippen LogP contribution in [0.25, 0.3) is 5.57 Å². The van der Waals surface area contributed by atoms with Gasteiger partial charge in [0.15, 0.2) is 0 Å². The lowest BCUT2D eigenvalue weighted by atomic mass is 10.1. The molecule has 0 spiro atoms. The third kappa shape index (κ3) is 2.61. The molecule has 0 unspecified atom stereocenters. The van der Waals surface area contributed by atoms with Gasteiger partial charge in [0.25, 0.3) is 0 Å². The van der Waals surface area contributed by atoms with Crippen molar-refractivity contribution in [1.29, 1.82) is 0 Å². The Morgan fingerprint density at radius 2 is 1.86 bits per heavy atom. The lowest BCUT2D eigenvalue weighted by Gasteiger charge is -2.09. The molecule has 1 rings (SSSR count). The third-order valence-electron chi connectivity index (χ3n) is 1.72. The minimum absolute atomic E-state index is 0.408. The minimum atomic E-state index is -4.31. The molecule has 0 aromatic heterocycles. The highest BCUT2D eigenvalue weighted by molar-refractivity contribution is 9.10. The van der Waals surface area contributed by atoms with Gasteiger partial charge in [0.2, 0.25) is 0 Å². The molecule has 0 aliphatic carbocycles. The molecule has 0 aliphatic rings. The summed E-state index contributed by atoms with van der Waals surface area (Å²) in [4.78, 5) is 0. The van der Waals surface area contributed by atoms with Crippen molar-refractivity contribution in [2.24, 2.45) is 0 Å². The van der Waals surface area contributed by atoms with Crippen LogP contribution in [-0.4, -0.2) is 0 Å². The maximum absolute atomic E-state index is 12.4. The fourth-order valence-electron chi connectivity index (χ4n) is 1.000. The first-order valence-electron chi connectivity index (χ1n) is 3.84. The maximum atomic E-state index is 12.4. The van der Waals surface area contributed by atoms with Crippen molar-refractivity contribution >= 4 is 21.5 Å². The molecule has 14 heavy (non-hydrogen) atoms. The summed E-state index contributed by atoms with van der Waals surface area (Å²) in [6.45, 7) is 5.27. The van der Waals surface area contributed by atoms with E-state index in [0.29, 0.717) is 15.6 Å². The predicted octanol–water partition coefficient (Wildman–Crippen LogP) is 4.50. The summed E-state index contributed by atoms with van der Waals surface area (Å²) in [7, 11) is 0. The number of allylic oxidation sites excluding steroid dienone is 1. The Morgan fingerprint density at radius 1 is 1.29 bits per heavy atom. The lowest BCUT2D eigenvalue weighted by Crippen LogP contribution is -2.05. The molecule has 0 radical (unpaired) electrons. The van der Waals surface area contributed by atoms with Crippen LogP contribution in [0, 0.1) is 0 Å². The summed E-state index contributed by atoms with van der Waals surface area (Å²) >= 11 is 3.03. The molecule has 0 nitrogen and oxygen atoms in total. The van der Waals surface area contributed by atoms with Gasteiger partial charge in [-0.3, -0.25) is 0 Å². The van der Waals surface area contributed by atoms with Crippen LogP contribution in [-0.2, 0) is 6.18 Å². The van der Waals surface area contributed by atoms with Crippen LogP contribution in [0.1, 0.15) is 18.1 Å². The average Bonchev–Trinajstić information content (AvgIpc) is 2.01. The standard InChI is InChI=1S/C10H8BrF3/c1-6(2)7-3-8(10(12,13)14)5-9(11)4-7/h3-5H,1H2,2H3. The van der Waals surface area contributed by atoms with E-state index < -0.39 is 11.7 Å². The normalized spacial score (nSPS) is 11.5. The van der Waals surface area contributed by atoms with Gasteiger partial charge in [-0.1, -0.05) is 28.1 Å². The zero-order valence-corrected chi connectivity index (χ0v) is 9.04. The number of benzene rings is 1. The van der Waals surface area contributed by atoms with E-state index in [1.54, 1.807) is 13.0 Å². The summed E-state index contributed by atoms with van der Waals surface area (Å²) in [5.41, 5.74) is 0.438. The first-order valence-corrected chi connectivity index (χ1v) is 4.63. The summed E-state index contributed by atoms with van der Waals surface area (Å²) in [6, 6.07) is 3.75. The predicted molar refractivity (Wildman–Crippen MR) is 53.9 cm³/mol. The van der Waals surface area contributed by atoms with E-state index in [2.05, 4.69) is 22.5 Å². The van der Waals surface area contributed by atoms with Crippen LogP contribution < -0.4 is 0 Å². The van der Waals surface area contributed by atoms with Crippen molar-refractivity contribution < 1.29 is 13.2 Å². The summed E-state index contributed by atoms with van der Waals surface area (Å²) in [6.07, 6.45) is -4.31. The lowest BCUT2D eigenvalue weighted by molar-refractivity contribution is -0.137. The van der Waals surface area contributed by atoms with E-state index in [1.807, 2.05) is 0 Å². The topological polar surface area (TPSA) is 0 Å². The van der Waals surface area contributed by atoms with E-state index in [0.717, 1.165) is 12.1 Å². The highest BCUT2D eigenvalue weighted by atomic mass is 79.9. The summed E-state index contributed by atoms with van der Waals surface area (Å²) in [5, 5.41) is 0. The van der Waals surface area contributed by atoms with Crippen molar-refractivity contribution in [2.45, 2.75) is 13.1 Å². The Hall–Kier alpha value is -0.770. The Balaban J connectivity index is 3.28. The van der Waals surface area contributed by atoms with Crippen LogP contribution in [0.5, 0.6) is 0 Å². The molecule has 0 saturated heterocycles. The molecule has 1 aromatic carbocycles. The Labute approximate surface area is 88.6 Å². The largest absolute Gasteiger partial charge is 0.416 e. The zero-order valence-electron chi connectivity index (χ0n) is 7.45. The molecule has 0 amide bonds. The van der Waals surface area contributed by atoms with Gasteiger partial charge in [-0.05, 0) is 30.7 Å². The number of alkyl halides is 3. The second kappa shape index (κ2) is 3.77. The van der Waals surface area contributed by atoms with Gasteiger partial charge in [0, 0.05) is 4.47 Å². The van der Waals surface area contributed by atoms with Gasteiger partial charge in [-0.25, -0.2) is 0 Å². The number of hydrogen-bond acceptors (Lipinski definition) is 0. The molecule has 0 fully saturated rings. The van der Waals surface area contributed by atoms with E-state index in [9.17, 15) is 13.2 Å². The van der Waals surface area contributed by atoms with Gasteiger partial charge in [-0.15, -0.1) is 0 Å². The van der Waals surface area contributed by atoms with Crippen LogP contribution in [0.3, 0.4) is 0 Å². The van der Waals surface area contributed by atoms with E-state index in [1.165, 1.54) is 0 Å². The molecule has 0 saturated carbocycles. The van der Waals surface area contributed by atoms with Crippen LogP contribution in [0.2, 0.25) is 0 Å². The van der Waals surface area contributed by atoms with E-state index in [4.69, 9.17) is 0 Å². The SMILES string of the molecule is C=C(C)c1cc(Br)cc(C(F)(F)F)c1.